The number of ether oxygens (including phenoxy) is 1. The zero-order chi connectivity index (χ0) is 13.8. The van der Waals surface area contributed by atoms with Crippen LogP contribution in [0.4, 0.5) is 5.69 Å². The molecule has 4 N–H and O–H groups in total. The minimum atomic E-state index is -0.606. The monoisotopic (exact) mass is 321 g/mol. The third-order valence-corrected chi connectivity index (χ3v) is 3.28. The number of nitrogens with zero attached hydrogens (tertiary/aromatic N) is 1. The van der Waals surface area contributed by atoms with Gasteiger partial charge in [-0.15, -0.1) is 0 Å². The third-order valence-electron chi connectivity index (χ3n) is 2.51. The Balaban J connectivity index is 2.14. The number of hydrogen-bond acceptors (Lipinski definition) is 4. The van der Waals surface area contributed by atoms with Gasteiger partial charge < -0.3 is 16.2 Å². The summed E-state index contributed by atoms with van der Waals surface area (Å²) in [6.45, 7) is 0.330. The molecular formula is C13H12BrN3O2. The number of aromatic nitrogens is 1. The summed E-state index contributed by atoms with van der Waals surface area (Å²) in [5.74, 6) is -0.301. The van der Waals surface area contributed by atoms with Crippen molar-refractivity contribution >= 4 is 27.5 Å². The summed E-state index contributed by atoms with van der Waals surface area (Å²) in [4.78, 5) is 15.1. The fourth-order valence-corrected chi connectivity index (χ4v) is 1.91. The number of anilines is 1. The molecule has 0 radical (unpaired) electrons. The van der Waals surface area contributed by atoms with Gasteiger partial charge in [-0.3, -0.25) is 4.79 Å². The maximum atomic E-state index is 11.2. The van der Waals surface area contributed by atoms with Gasteiger partial charge >= 0.3 is 0 Å². The molecule has 1 heterocycles. The summed E-state index contributed by atoms with van der Waals surface area (Å²) in [7, 11) is 0. The van der Waals surface area contributed by atoms with Crippen molar-refractivity contribution in [1.82, 2.24) is 4.98 Å². The van der Waals surface area contributed by atoms with E-state index in [1.807, 2.05) is 24.3 Å². The van der Waals surface area contributed by atoms with Crippen LogP contribution in [-0.2, 0) is 6.61 Å². The molecule has 98 valence electrons. The van der Waals surface area contributed by atoms with E-state index in [1.54, 1.807) is 0 Å². The number of primary amides is 1. The second kappa shape index (κ2) is 5.71. The predicted octanol–water partition coefficient (Wildman–Crippen LogP) is 2.10. The van der Waals surface area contributed by atoms with Crippen LogP contribution < -0.4 is 16.2 Å². The van der Waals surface area contributed by atoms with Gasteiger partial charge in [-0.05, 0) is 6.07 Å². The number of amides is 1. The topological polar surface area (TPSA) is 91.2 Å². The van der Waals surface area contributed by atoms with E-state index in [2.05, 4.69) is 20.9 Å². The first-order chi connectivity index (χ1) is 9.08. The Morgan fingerprint density at radius 2 is 2.11 bits per heavy atom. The highest BCUT2D eigenvalue weighted by atomic mass is 79.9. The summed E-state index contributed by atoms with van der Waals surface area (Å²) in [6, 6.07) is 9.11. The highest BCUT2D eigenvalue weighted by molar-refractivity contribution is 9.10. The van der Waals surface area contributed by atoms with Crippen molar-refractivity contribution in [3.8, 4) is 5.88 Å². The van der Waals surface area contributed by atoms with E-state index in [4.69, 9.17) is 16.2 Å². The van der Waals surface area contributed by atoms with Gasteiger partial charge in [-0.1, -0.05) is 34.1 Å². The molecular weight excluding hydrogens is 310 g/mol. The summed E-state index contributed by atoms with van der Waals surface area (Å²) in [6.07, 6.45) is 1.36. The Morgan fingerprint density at radius 3 is 2.79 bits per heavy atom. The Morgan fingerprint density at radius 1 is 1.37 bits per heavy atom. The predicted molar refractivity (Wildman–Crippen MR) is 75.6 cm³/mol. The second-order valence-corrected chi connectivity index (χ2v) is 4.71. The van der Waals surface area contributed by atoms with Crippen LogP contribution in [-0.4, -0.2) is 10.9 Å². The maximum Gasteiger partial charge on any atom is 0.251 e. The highest BCUT2D eigenvalue weighted by Crippen LogP contribution is 2.20. The number of nitrogen functional groups attached to an aromatic ring is 1. The Bertz CT molecular complexity index is 617. The van der Waals surface area contributed by atoms with E-state index in [0.717, 1.165) is 10.0 Å². The van der Waals surface area contributed by atoms with Crippen LogP contribution in [0, 0.1) is 0 Å². The van der Waals surface area contributed by atoms with Crippen molar-refractivity contribution in [2.75, 3.05) is 5.73 Å². The van der Waals surface area contributed by atoms with Crippen LogP contribution in [0.25, 0.3) is 0 Å². The Labute approximate surface area is 118 Å². The first-order valence-electron chi connectivity index (χ1n) is 5.49. The number of benzene rings is 1. The third kappa shape index (κ3) is 3.23. The molecule has 1 aromatic heterocycles. The van der Waals surface area contributed by atoms with Gasteiger partial charge in [-0.25, -0.2) is 4.98 Å². The van der Waals surface area contributed by atoms with E-state index >= 15 is 0 Å². The molecule has 19 heavy (non-hydrogen) atoms. The molecule has 0 spiro atoms. The zero-order valence-electron chi connectivity index (χ0n) is 9.97. The van der Waals surface area contributed by atoms with Gasteiger partial charge in [0.15, 0.2) is 0 Å². The Kier molecular flexibility index (Phi) is 4.01. The minimum Gasteiger partial charge on any atom is -0.473 e. The molecule has 6 heteroatoms. The number of carbonyl (C=O) groups excluding carboxylic acids is 1. The summed E-state index contributed by atoms with van der Waals surface area (Å²) in [5, 5.41) is 0. The lowest BCUT2D eigenvalue weighted by atomic mass is 10.2. The molecule has 1 amide bonds. The maximum absolute atomic E-state index is 11.2. The van der Waals surface area contributed by atoms with Crippen LogP contribution in [0.1, 0.15) is 15.9 Å². The van der Waals surface area contributed by atoms with Crippen molar-refractivity contribution in [3.05, 3.63) is 52.1 Å². The van der Waals surface area contributed by atoms with E-state index in [9.17, 15) is 4.79 Å². The average molecular weight is 322 g/mol. The smallest absolute Gasteiger partial charge is 0.251 e. The molecule has 0 aliphatic carbocycles. The first-order valence-corrected chi connectivity index (χ1v) is 6.28. The standard InChI is InChI=1S/C13H12BrN3O2/c14-10-4-2-1-3-8(10)7-19-12-5-9(13(16)18)11(15)6-17-12/h1-6H,7,15H2,(H2,16,18). The van der Waals surface area contributed by atoms with E-state index < -0.39 is 5.91 Å². The molecule has 0 fully saturated rings. The van der Waals surface area contributed by atoms with Crippen molar-refractivity contribution in [2.24, 2.45) is 5.73 Å². The molecule has 0 unspecified atom stereocenters. The van der Waals surface area contributed by atoms with Crippen molar-refractivity contribution in [3.63, 3.8) is 0 Å². The largest absolute Gasteiger partial charge is 0.473 e. The molecule has 0 atom stereocenters. The lowest BCUT2D eigenvalue weighted by Crippen LogP contribution is -2.14. The number of carbonyl (C=O) groups is 1. The number of hydrogen-bond donors (Lipinski definition) is 2. The molecule has 0 bridgehead atoms. The summed E-state index contributed by atoms with van der Waals surface area (Å²) < 4.78 is 6.46. The van der Waals surface area contributed by atoms with Crippen LogP contribution in [0.15, 0.2) is 41.0 Å². The molecule has 1 aromatic carbocycles. The number of rotatable bonds is 4. The van der Waals surface area contributed by atoms with Crippen LogP contribution in [0.5, 0.6) is 5.88 Å². The molecule has 0 saturated heterocycles. The van der Waals surface area contributed by atoms with Crippen LogP contribution in [0.2, 0.25) is 0 Å². The average Bonchev–Trinajstić information content (AvgIpc) is 2.39. The zero-order valence-corrected chi connectivity index (χ0v) is 11.6. The summed E-state index contributed by atoms with van der Waals surface area (Å²) in [5.41, 5.74) is 12.2. The lowest BCUT2D eigenvalue weighted by molar-refractivity contribution is 0.100. The number of pyridine rings is 1. The molecule has 5 nitrogen and oxygen atoms in total. The van der Waals surface area contributed by atoms with Crippen molar-refractivity contribution in [1.29, 1.82) is 0 Å². The Hall–Kier alpha value is -2.08. The normalized spacial score (nSPS) is 10.2. The van der Waals surface area contributed by atoms with E-state index in [0.29, 0.717) is 12.5 Å². The van der Waals surface area contributed by atoms with Crippen LogP contribution in [0.3, 0.4) is 0 Å². The van der Waals surface area contributed by atoms with Gasteiger partial charge in [0.25, 0.3) is 5.91 Å². The lowest BCUT2D eigenvalue weighted by Gasteiger charge is -2.08. The van der Waals surface area contributed by atoms with Crippen molar-refractivity contribution < 1.29 is 9.53 Å². The second-order valence-electron chi connectivity index (χ2n) is 3.85. The molecule has 2 rings (SSSR count). The minimum absolute atomic E-state index is 0.206. The summed E-state index contributed by atoms with van der Waals surface area (Å²) >= 11 is 3.42. The van der Waals surface area contributed by atoms with Gasteiger partial charge in [0, 0.05) is 16.1 Å². The van der Waals surface area contributed by atoms with Crippen LogP contribution >= 0.6 is 15.9 Å². The van der Waals surface area contributed by atoms with Gasteiger partial charge in [0.05, 0.1) is 17.4 Å². The van der Waals surface area contributed by atoms with E-state index in [-0.39, 0.29) is 11.3 Å². The SMILES string of the molecule is NC(=O)c1cc(OCc2ccccc2Br)ncc1N. The quantitative estimate of drug-likeness (QED) is 0.902. The molecule has 2 aromatic rings. The van der Waals surface area contributed by atoms with Gasteiger partial charge in [0.2, 0.25) is 5.88 Å². The first kappa shape index (κ1) is 13.4. The highest BCUT2D eigenvalue weighted by Gasteiger charge is 2.09. The molecule has 0 aliphatic heterocycles. The van der Waals surface area contributed by atoms with E-state index in [1.165, 1.54) is 12.3 Å². The number of nitrogens with two attached hydrogens (primary N) is 2. The molecule has 0 aliphatic rings. The number of halogens is 1. The van der Waals surface area contributed by atoms with Gasteiger partial charge in [0.1, 0.15) is 6.61 Å². The van der Waals surface area contributed by atoms with Crippen molar-refractivity contribution in [2.45, 2.75) is 6.61 Å². The fraction of sp³-hybridized carbons (Fsp3) is 0.0769. The van der Waals surface area contributed by atoms with Gasteiger partial charge in [-0.2, -0.15) is 0 Å². The molecule has 0 saturated carbocycles. The fourth-order valence-electron chi connectivity index (χ4n) is 1.51.